The minimum Gasteiger partial charge on any atom is -0.466 e. The van der Waals surface area contributed by atoms with Crippen LogP contribution in [0.1, 0.15) is 182 Å². The lowest BCUT2D eigenvalue weighted by atomic mass is 9.79. The maximum Gasteiger partial charge on any atom is 0.336 e. The number of amides is 11. The molecule has 0 saturated carbocycles. The highest BCUT2D eigenvalue weighted by Crippen LogP contribution is 2.42. The van der Waals surface area contributed by atoms with Gasteiger partial charge in [0.2, 0.25) is 65.0 Å². The van der Waals surface area contributed by atoms with Crippen molar-refractivity contribution in [1.29, 1.82) is 0 Å². The highest BCUT2D eigenvalue weighted by atomic mass is 16.6. The van der Waals surface area contributed by atoms with Gasteiger partial charge in [-0.05, 0) is 115 Å². The van der Waals surface area contributed by atoms with E-state index in [1.165, 1.54) is 120 Å². The number of hydrogen-bond donors (Lipinski definition) is 6. The first kappa shape index (κ1) is 96.8. The lowest BCUT2D eigenvalue weighted by Crippen LogP contribution is -2.63. The molecule has 11 amide bonds. The number of methoxy groups -OCH3 is 2. The lowest BCUT2D eigenvalue weighted by Gasteiger charge is -2.41. The van der Waals surface area contributed by atoms with Crippen molar-refractivity contribution in [1.82, 2.24) is 60.9 Å². The molecule has 12 atom stereocenters. The zero-order valence-corrected chi connectivity index (χ0v) is 70.3. The van der Waals surface area contributed by atoms with Crippen molar-refractivity contribution < 1.29 is 81.8 Å². The Morgan fingerprint density at radius 1 is 0.545 bits per heavy atom. The fourth-order valence-electron chi connectivity index (χ4n) is 13.6. The van der Waals surface area contributed by atoms with Crippen LogP contribution in [0.5, 0.6) is 0 Å². The number of nitro benzene ring substituents is 1. The molecule has 1 saturated heterocycles. The van der Waals surface area contributed by atoms with E-state index in [0.29, 0.717) is 17.8 Å². The van der Waals surface area contributed by atoms with E-state index in [1.54, 1.807) is 74.5 Å². The van der Waals surface area contributed by atoms with Crippen molar-refractivity contribution >= 4 is 82.6 Å². The number of benzene rings is 1. The Hall–Kier alpha value is -9.29. The van der Waals surface area contributed by atoms with Gasteiger partial charge in [-0.15, -0.1) is 0 Å². The number of hydrogen-bond acceptors (Lipinski definition) is 19. The third-order valence-corrected chi connectivity index (χ3v) is 20.1. The molecule has 0 bridgehead atoms. The maximum atomic E-state index is 15.1. The number of nitrogens with zero attached hydrogens (tertiary/aromatic N) is 8. The fraction of sp³-hybridized carbons (Fsp3) is 0.684. The second-order valence-electron chi connectivity index (χ2n) is 31.5. The Labute approximate surface area is 651 Å². The van der Waals surface area contributed by atoms with Gasteiger partial charge in [0, 0.05) is 72.4 Å². The molecule has 3 rings (SSSR count). The number of carbonyl (C=O) groups excluding carboxylic acids is 13. The molecule has 31 heteroatoms. The number of carbonyl (C=O) groups is 13. The minimum atomic E-state index is -1.61. The number of allylic oxidation sites excluding steroid dienone is 4. The summed E-state index contributed by atoms with van der Waals surface area (Å²) in [5.74, 6) is -12.0. The van der Waals surface area contributed by atoms with Crippen molar-refractivity contribution in [2.24, 2.45) is 41.4 Å². The van der Waals surface area contributed by atoms with Gasteiger partial charge >= 0.3 is 11.9 Å². The largest absolute Gasteiger partial charge is 0.466 e. The Balaban J connectivity index is 0.00000137. The van der Waals surface area contributed by atoms with Gasteiger partial charge in [0.25, 0.3) is 5.69 Å². The van der Waals surface area contributed by atoms with Crippen molar-refractivity contribution in [3.63, 3.8) is 0 Å². The molecule has 0 spiro atoms. The molecule has 1 fully saturated rings. The number of ether oxygens (including phenoxy) is 2. The minimum absolute atomic E-state index is 0.0229. The second-order valence-corrected chi connectivity index (χ2v) is 31.5. The molecule has 0 aromatic heterocycles. The third-order valence-electron chi connectivity index (χ3n) is 20.1. The van der Waals surface area contributed by atoms with E-state index in [9.17, 15) is 68.0 Å². The lowest BCUT2D eigenvalue weighted by molar-refractivity contribution is -0.385. The molecular formula is C79H129N13O18. The maximum absolute atomic E-state index is 15.1. The highest BCUT2D eigenvalue weighted by molar-refractivity contribution is 6.02. The molecule has 31 nitrogen and oxygen atoms in total. The topological polar surface area (TPSA) is 387 Å². The molecule has 12 unspecified atom stereocenters. The van der Waals surface area contributed by atoms with Crippen LogP contribution in [0.3, 0.4) is 0 Å². The van der Waals surface area contributed by atoms with Crippen molar-refractivity contribution in [3.8, 4) is 0 Å². The number of aliphatic hydroxyl groups is 1. The number of rotatable bonds is 19. The summed E-state index contributed by atoms with van der Waals surface area (Å²) in [7, 11) is 12.3. The van der Waals surface area contributed by atoms with E-state index in [1.807, 2.05) is 61.5 Å². The second kappa shape index (κ2) is 43.9. The molecule has 110 heavy (non-hydrogen) atoms. The molecule has 2 heterocycles. The molecule has 1 aromatic rings. The zero-order valence-electron chi connectivity index (χ0n) is 70.3. The number of nitro groups is 1. The smallest absolute Gasteiger partial charge is 0.336 e. The van der Waals surface area contributed by atoms with Gasteiger partial charge in [0.15, 0.2) is 0 Å². The Kier molecular flexibility index (Phi) is 38.7. The van der Waals surface area contributed by atoms with Crippen LogP contribution in [0, 0.1) is 51.5 Å². The standard InChI is InChI=1S/C62H111N11O12.C17H18N2O6/c1-25-27-28-40(15)52(75)51-56(79)65-43(26-2)58(81)67(18)33-48(74)68(19)44(29-34(3)4)55(78)66-49(38(11)12)61(84)69(20)45(30-35(5)6)54(77)63-41(16)53(76)64-42(17)57(80)70(21)46(31-36(7)8)59(82)71(22)47(32-37(9)10)60(83)72(23)50(39(13)14)62(85)73(51)24;1-9-13(16(20)24-3)15(14(10(2)18-9)17(21)25-4)11-7-5-6-8-12(11)19(22)23/h25,27,34-47,49-52,75H,26,28-33H2,1-24H3,(H,63,77)(H,64,76)(H,65,79)(H,66,78);5-8,15,18H,1-4H3. The number of esters is 2. The van der Waals surface area contributed by atoms with E-state index in [-0.39, 0.29) is 78.2 Å². The van der Waals surface area contributed by atoms with Crippen LogP contribution in [0.4, 0.5) is 5.69 Å². The van der Waals surface area contributed by atoms with E-state index >= 15 is 9.59 Å². The third kappa shape index (κ3) is 25.6. The van der Waals surface area contributed by atoms with Gasteiger partial charge in [-0.25, -0.2) is 9.59 Å². The number of para-hydroxylation sites is 1. The molecule has 6 N–H and O–H groups in total. The summed E-state index contributed by atoms with van der Waals surface area (Å²) in [4.78, 5) is 204. The van der Waals surface area contributed by atoms with Gasteiger partial charge in [-0.2, -0.15) is 0 Å². The molecule has 2 aliphatic heterocycles. The van der Waals surface area contributed by atoms with E-state index < -0.39 is 179 Å². The summed E-state index contributed by atoms with van der Waals surface area (Å²) in [5.41, 5.74) is 1.19. The summed E-state index contributed by atoms with van der Waals surface area (Å²) >= 11 is 0. The Morgan fingerprint density at radius 2 is 0.973 bits per heavy atom. The van der Waals surface area contributed by atoms with Crippen LogP contribution in [-0.2, 0) is 71.8 Å². The van der Waals surface area contributed by atoms with Gasteiger partial charge in [0.1, 0.15) is 60.4 Å². The van der Waals surface area contributed by atoms with Gasteiger partial charge < -0.3 is 75.5 Å². The van der Waals surface area contributed by atoms with Crippen LogP contribution >= 0.6 is 0 Å². The predicted octanol–water partition coefficient (Wildman–Crippen LogP) is 5.44. The van der Waals surface area contributed by atoms with Crippen molar-refractivity contribution in [2.75, 3.05) is 70.1 Å². The van der Waals surface area contributed by atoms with Crippen LogP contribution in [0.2, 0.25) is 0 Å². The van der Waals surface area contributed by atoms with Gasteiger partial charge in [0.05, 0.1) is 48.9 Å². The number of likely N-dealkylation sites (N-methyl/N-ethyl adjacent to an activating group) is 7. The molecule has 0 aliphatic carbocycles. The molecule has 618 valence electrons. The van der Waals surface area contributed by atoms with Gasteiger partial charge in [-0.1, -0.05) is 127 Å². The quantitative estimate of drug-likeness (QED) is 0.0434. The van der Waals surface area contributed by atoms with Crippen LogP contribution in [0.15, 0.2) is 59.0 Å². The van der Waals surface area contributed by atoms with Crippen molar-refractivity contribution in [3.05, 3.63) is 74.6 Å². The number of dihydropyridines is 1. The summed E-state index contributed by atoms with van der Waals surface area (Å²) in [6, 6.07) is -6.36. The van der Waals surface area contributed by atoms with Crippen molar-refractivity contribution in [2.45, 2.75) is 243 Å². The van der Waals surface area contributed by atoms with E-state index in [2.05, 4.69) is 26.6 Å². The molecule has 2 aliphatic rings. The zero-order chi connectivity index (χ0) is 84.7. The molecular weight excluding hydrogens is 1420 g/mol. The Morgan fingerprint density at radius 3 is 1.42 bits per heavy atom. The van der Waals surface area contributed by atoms with Crippen LogP contribution in [-0.4, -0.2) is 258 Å². The molecule has 0 radical (unpaired) electrons. The normalized spacial score (nSPS) is 24.2. The number of nitrogens with one attached hydrogen (secondary N) is 5. The predicted molar refractivity (Wildman–Crippen MR) is 417 cm³/mol. The average Bonchev–Trinajstić information content (AvgIpc) is 0.761. The summed E-state index contributed by atoms with van der Waals surface area (Å²) in [6.45, 7) is 32.6. The average molecular weight is 1550 g/mol. The van der Waals surface area contributed by atoms with E-state index in [0.717, 1.165) is 9.80 Å². The monoisotopic (exact) mass is 1550 g/mol. The highest BCUT2D eigenvalue weighted by Gasteiger charge is 2.47. The first-order valence-electron chi connectivity index (χ1n) is 38.0. The SMILES string of the molecule is CC=CCC(C)C(O)C1C(=O)NC(CC)C(=O)N(C)CC(=O)N(C)C(CC(C)C)C(=O)NC(C(C)C)C(=O)N(C)C(CC(C)C)C(=O)NC(C)C(=O)NC(C)C(=O)N(C)C(CC(C)C)C(=O)N(C)C(CC(C)C)C(=O)N(C)C(C(C)C)C(=O)N1C.COC(=O)C1=C(C)NC(C)=C(C(=O)OC)C1c1ccccc1[N+](=O)[O-]. The summed E-state index contributed by atoms with van der Waals surface area (Å²) in [5, 5.41) is 37.5. The summed E-state index contributed by atoms with van der Waals surface area (Å²) in [6.07, 6.45) is 3.04. The first-order valence-corrected chi connectivity index (χ1v) is 38.0. The first-order chi connectivity index (χ1) is 51.0. The van der Waals surface area contributed by atoms with Crippen LogP contribution < -0.4 is 26.6 Å². The van der Waals surface area contributed by atoms with Crippen LogP contribution in [0.25, 0.3) is 0 Å². The fourth-order valence-corrected chi connectivity index (χ4v) is 13.6. The Bertz CT molecular complexity index is 3490. The number of aliphatic hydroxyl groups excluding tert-OH is 1. The molecule has 1 aromatic carbocycles. The van der Waals surface area contributed by atoms with Gasteiger partial charge in [-0.3, -0.25) is 62.9 Å². The summed E-state index contributed by atoms with van der Waals surface area (Å²) < 4.78 is 9.66. The van der Waals surface area contributed by atoms with E-state index in [4.69, 9.17) is 9.47 Å².